The van der Waals surface area contributed by atoms with E-state index in [1.165, 1.54) is 7.11 Å². The second-order valence-electron chi connectivity index (χ2n) is 8.33. The maximum absolute atomic E-state index is 13.2. The number of benzene rings is 3. The van der Waals surface area contributed by atoms with Gasteiger partial charge in [0.25, 0.3) is 5.91 Å². The summed E-state index contributed by atoms with van der Waals surface area (Å²) in [4.78, 5) is 26.9. The summed E-state index contributed by atoms with van der Waals surface area (Å²) in [6.45, 7) is 2.46. The molecule has 2 atom stereocenters. The number of hydrogen-bond donors (Lipinski definition) is 0. The van der Waals surface area contributed by atoms with Gasteiger partial charge in [0, 0.05) is 6.54 Å². The summed E-state index contributed by atoms with van der Waals surface area (Å²) < 4.78 is 21.7. The average molecular weight is 476 g/mol. The van der Waals surface area contributed by atoms with E-state index in [1.54, 1.807) is 26.4 Å². The molecule has 0 aromatic heterocycles. The minimum Gasteiger partial charge on any atom is -0.493 e. The van der Waals surface area contributed by atoms with Gasteiger partial charge in [0.05, 0.1) is 26.9 Å². The first-order chi connectivity index (χ1) is 17.0. The first kappa shape index (κ1) is 24.1. The van der Waals surface area contributed by atoms with E-state index in [0.717, 1.165) is 16.7 Å². The lowest BCUT2D eigenvalue weighted by molar-refractivity contribution is -0.164. The first-order valence-electron chi connectivity index (χ1n) is 11.4. The fourth-order valence-corrected chi connectivity index (χ4v) is 4.28. The molecule has 1 amide bonds. The van der Waals surface area contributed by atoms with E-state index in [0.29, 0.717) is 35.8 Å². The molecule has 0 radical (unpaired) electrons. The van der Waals surface area contributed by atoms with Crippen LogP contribution in [0.2, 0.25) is 0 Å². The minimum atomic E-state index is -0.648. The van der Waals surface area contributed by atoms with Gasteiger partial charge in [0.1, 0.15) is 11.8 Å². The molecule has 1 saturated heterocycles. The number of carbonyl (C=O) groups excluding carboxylic acids is 2. The number of hydrogen-bond acceptors (Lipinski definition) is 6. The number of likely N-dealkylation sites (tertiary alicyclic amines) is 1. The summed E-state index contributed by atoms with van der Waals surface area (Å²) >= 11 is 0. The minimum absolute atomic E-state index is 0.0734. The number of β-lactam (4-membered cyclic amide) rings is 1. The number of rotatable bonds is 9. The predicted octanol–water partition coefficient (Wildman–Crippen LogP) is 4.37. The molecule has 3 aromatic carbocycles. The van der Waals surface area contributed by atoms with Crippen molar-refractivity contribution >= 4 is 11.9 Å². The molecular weight excluding hydrogens is 446 g/mol. The second-order valence-corrected chi connectivity index (χ2v) is 8.33. The van der Waals surface area contributed by atoms with Crippen molar-refractivity contribution < 1.29 is 28.5 Å². The predicted molar refractivity (Wildman–Crippen MR) is 131 cm³/mol. The van der Waals surface area contributed by atoms with Crippen LogP contribution >= 0.6 is 0 Å². The monoisotopic (exact) mass is 475 g/mol. The fraction of sp³-hybridized carbons (Fsp3) is 0.286. The van der Waals surface area contributed by atoms with Crippen LogP contribution in [0.25, 0.3) is 0 Å². The van der Waals surface area contributed by atoms with E-state index >= 15 is 0 Å². The standard InChI is InChI=1S/C28H29NO6/c1-18-7-5-6-8-22(18)35-26-25(20-10-12-21(13-11-20)28(31)34-4)29(27(26)30)16-15-19-9-14-23(32-2)24(17-19)33-3/h5-14,17,25-26H,15-16H2,1-4H3/t25-,26-/m0/s1. The zero-order valence-corrected chi connectivity index (χ0v) is 20.3. The van der Waals surface area contributed by atoms with Gasteiger partial charge >= 0.3 is 5.97 Å². The molecule has 0 aliphatic carbocycles. The Morgan fingerprint density at radius 1 is 0.886 bits per heavy atom. The maximum atomic E-state index is 13.2. The van der Waals surface area contributed by atoms with Gasteiger partial charge in [-0.05, 0) is 60.4 Å². The van der Waals surface area contributed by atoms with Crippen LogP contribution in [0.3, 0.4) is 0 Å². The van der Waals surface area contributed by atoms with Gasteiger partial charge in [-0.25, -0.2) is 4.79 Å². The normalized spacial score (nSPS) is 16.9. The smallest absolute Gasteiger partial charge is 0.337 e. The van der Waals surface area contributed by atoms with E-state index in [-0.39, 0.29) is 11.9 Å². The largest absolute Gasteiger partial charge is 0.493 e. The highest BCUT2D eigenvalue weighted by atomic mass is 16.5. The Kier molecular flexibility index (Phi) is 7.25. The van der Waals surface area contributed by atoms with E-state index in [4.69, 9.17) is 18.9 Å². The van der Waals surface area contributed by atoms with Crippen molar-refractivity contribution in [2.75, 3.05) is 27.9 Å². The molecule has 7 nitrogen and oxygen atoms in total. The van der Waals surface area contributed by atoms with Gasteiger partial charge in [0.2, 0.25) is 6.10 Å². The maximum Gasteiger partial charge on any atom is 0.337 e. The Morgan fingerprint density at radius 3 is 2.26 bits per heavy atom. The lowest BCUT2D eigenvalue weighted by atomic mass is 9.89. The van der Waals surface area contributed by atoms with Crippen molar-refractivity contribution in [2.45, 2.75) is 25.5 Å². The third-order valence-electron chi connectivity index (χ3n) is 6.26. The van der Waals surface area contributed by atoms with Crippen LogP contribution in [0.1, 0.15) is 33.1 Å². The van der Waals surface area contributed by atoms with Crippen LogP contribution in [0.5, 0.6) is 17.2 Å². The van der Waals surface area contributed by atoms with Crippen molar-refractivity contribution in [3.05, 3.63) is 89.0 Å². The van der Waals surface area contributed by atoms with Gasteiger partial charge in [-0.1, -0.05) is 36.4 Å². The first-order valence-corrected chi connectivity index (χ1v) is 11.4. The summed E-state index contributed by atoms with van der Waals surface area (Å²) in [5.41, 5.74) is 3.33. The molecule has 182 valence electrons. The van der Waals surface area contributed by atoms with E-state index in [2.05, 4.69) is 0 Å². The quantitative estimate of drug-likeness (QED) is 0.338. The molecular formula is C28H29NO6. The average Bonchev–Trinajstić information content (AvgIpc) is 2.90. The Hall–Kier alpha value is -4.00. The zero-order chi connectivity index (χ0) is 24.9. The summed E-state index contributed by atoms with van der Waals surface area (Å²) in [5, 5.41) is 0. The van der Waals surface area contributed by atoms with Crippen molar-refractivity contribution in [2.24, 2.45) is 0 Å². The third kappa shape index (κ3) is 4.94. The number of esters is 1. The molecule has 35 heavy (non-hydrogen) atoms. The molecule has 1 fully saturated rings. The number of nitrogens with zero attached hydrogens (tertiary/aromatic N) is 1. The van der Waals surface area contributed by atoms with E-state index in [1.807, 2.05) is 66.4 Å². The molecule has 0 N–H and O–H groups in total. The molecule has 1 heterocycles. The van der Waals surface area contributed by atoms with Gasteiger partial charge < -0.3 is 23.8 Å². The highest BCUT2D eigenvalue weighted by molar-refractivity contribution is 5.91. The van der Waals surface area contributed by atoms with E-state index in [9.17, 15) is 9.59 Å². The number of methoxy groups -OCH3 is 3. The lowest BCUT2D eigenvalue weighted by Crippen LogP contribution is -2.61. The number of aryl methyl sites for hydroxylation is 1. The molecule has 0 bridgehead atoms. The Balaban J connectivity index is 1.57. The van der Waals surface area contributed by atoms with Crippen LogP contribution in [-0.4, -0.2) is 50.8 Å². The molecule has 7 heteroatoms. The number of ether oxygens (including phenoxy) is 4. The second kappa shape index (κ2) is 10.5. The topological polar surface area (TPSA) is 74.3 Å². The van der Waals surface area contributed by atoms with Crippen molar-refractivity contribution in [1.82, 2.24) is 4.90 Å². The zero-order valence-electron chi connectivity index (χ0n) is 20.3. The SMILES string of the molecule is COC(=O)c1ccc([C@H]2[C@H](Oc3ccccc3C)C(=O)N2CCc2ccc(OC)c(OC)c2)cc1. The summed E-state index contributed by atoms with van der Waals surface area (Å²) in [6.07, 6.45) is -0.00889. The van der Waals surface area contributed by atoms with E-state index < -0.39 is 12.1 Å². The van der Waals surface area contributed by atoms with Crippen LogP contribution in [-0.2, 0) is 16.0 Å². The summed E-state index contributed by atoms with van der Waals surface area (Å²) in [6, 6.07) is 20.2. The Bertz CT molecular complexity index is 1210. The Morgan fingerprint density at radius 2 is 1.60 bits per heavy atom. The van der Waals surface area contributed by atoms with Gasteiger partial charge in [0.15, 0.2) is 11.5 Å². The summed E-state index contributed by atoms with van der Waals surface area (Å²) in [7, 11) is 4.55. The molecule has 3 aromatic rings. The molecule has 4 rings (SSSR count). The Labute approximate surface area is 205 Å². The van der Waals surface area contributed by atoms with Crippen LogP contribution in [0.15, 0.2) is 66.7 Å². The van der Waals surface area contributed by atoms with Crippen molar-refractivity contribution in [3.8, 4) is 17.2 Å². The third-order valence-corrected chi connectivity index (χ3v) is 6.26. The molecule has 0 saturated carbocycles. The number of carbonyl (C=O) groups is 2. The number of amides is 1. The highest BCUT2D eigenvalue weighted by Crippen LogP contribution is 2.39. The molecule has 0 spiro atoms. The van der Waals surface area contributed by atoms with Crippen LogP contribution < -0.4 is 14.2 Å². The molecule has 1 aliphatic rings. The molecule has 1 aliphatic heterocycles. The van der Waals surface area contributed by atoms with Gasteiger partial charge in [-0.15, -0.1) is 0 Å². The highest BCUT2D eigenvalue weighted by Gasteiger charge is 2.50. The fourth-order valence-electron chi connectivity index (χ4n) is 4.28. The van der Waals surface area contributed by atoms with Gasteiger partial charge in [-0.3, -0.25) is 4.79 Å². The van der Waals surface area contributed by atoms with Crippen molar-refractivity contribution in [3.63, 3.8) is 0 Å². The number of para-hydroxylation sites is 1. The van der Waals surface area contributed by atoms with Crippen molar-refractivity contribution in [1.29, 1.82) is 0 Å². The lowest BCUT2D eigenvalue weighted by Gasteiger charge is -2.47. The van der Waals surface area contributed by atoms with Crippen LogP contribution in [0, 0.1) is 6.92 Å². The van der Waals surface area contributed by atoms with Gasteiger partial charge in [-0.2, -0.15) is 0 Å². The molecule has 0 unspecified atom stereocenters. The summed E-state index contributed by atoms with van der Waals surface area (Å²) in [5.74, 6) is 1.51. The van der Waals surface area contributed by atoms with Crippen LogP contribution in [0.4, 0.5) is 0 Å².